The van der Waals surface area contributed by atoms with Gasteiger partial charge in [0.05, 0.1) is 0 Å². The molecule has 23 heavy (non-hydrogen) atoms. The lowest BCUT2D eigenvalue weighted by Gasteiger charge is -2.38. The van der Waals surface area contributed by atoms with Crippen LogP contribution >= 0.6 is 0 Å². The molecular formula is C21H30F2. The summed E-state index contributed by atoms with van der Waals surface area (Å²) >= 11 is 0. The molecule has 0 radical (unpaired) electrons. The van der Waals surface area contributed by atoms with Crippen molar-refractivity contribution in [3.05, 3.63) is 35.4 Å². The van der Waals surface area contributed by atoms with Crippen LogP contribution in [0.2, 0.25) is 0 Å². The largest absolute Gasteiger partial charge is 0.263 e. The van der Waals surface area contributed by atoms with Gasteiger partial charge in [-0.2, -0.15) is 0 Å². The second kappa shape index (κ2) is 7.77. The number of alkyl halides is 2. The number of benzene rings is 1. The lowest BCUT2D eigenvalue weighted by molar-refractivity contribution is 0.151. The zero-order chi connectivity index (χ0) is 16.2. The molecule has 3 rings (SSSR count). The SMILES string of the molecule is CCC1CCC(C2CCCC(c3ccc(C(F)F)cc3)C2)CC1. The highest BCUT2D eigenvalue weighted by molar-refractivity contribution is 5.26. The maximum atomic E-state index is 12.7. The predicted octanol–water partition coefficient (Wildman–Crippen LogP) is 7.11. The van der Waals surface area contributed by atoms with Crippen molar-refractivity contribution in [2.45, 2.75) is 77.1 Å². The fourth-order valence-electron chi connectivity index (χ4n) is 4.94. The minimum absolute atomic E-state index is 0.152. The Labute approximate surface area is 139 Å². The first-order valence-corrected chi connectivity index (χ1v) is 9.55. The summed E-state index contributed by atoms with van der Waals surface area (Å²) in [6.45, 7) is 2.32. The van der Waals surface area contributed by atoms with Crippen molar-refractivity contribution in [3.63, 3.8) is 0 Å². The Balaban J connectivity index is 1.59. The van der Waals surface area contributed by atoms with Gasteiger partial charge in [-0.1, -0.05) is 63.3 Å². The Morgan fingerprint density at radius 1 is 0.913 bits per heavy atom. The van der Waals surface area contributed by atoms with Gasteiger partial charge in [0.1, 0.15) is 0 Å². The summed E-state index contributed by atoms with van der Waals surface area (Å²) in [5.74, 6) is 3.33. The van der Waals surface area contributed by atoms with Crippen molar-refractivity contribution in [2.24, 2.45) is 17.8 Å². The highest BCUT2D eigenvalue weighted by Crippen LogP contribution is 2.45. The maximum absolute atomic E-state index is 12.7. The highest BCUT2D eigenvalue weighted by Gasteiger charge is 2.31. The van der Waals surface area contributed by atoms with Crippen LogP contribution in [-0.2, 0) is 0 Å². The molecule has 1 aromatic rings. The summed E-state index contributed by atoms with van der Waals surface area (Å²) in [4.78, 5) is 0. The van der Waals surface area contributed by atoms with E-state index in [9.17, 15) is 8.78 Å². The van der Waals surface area contributed by atoms with Crippen LogP contribution in [0.5, 0.6) is 0 Å². The fraction of sp³-hybridized carbons (Fsp3) is 0.714. The molecule has 2 aliphatic rings. The van der Waals surface area contributed by atoms with Crippen LogP contribution in [-0.4, -0.2) is 0 Å². The van der Waals surface area contributed by atoms with E-state index in [1.807, 2.05) is 12.1 Å². The van der Waals surface area contributed by atoms with E-state index in [1.165, 1.54) is 63.4 Å². The molecule has 2 heteroatoms. The molecule has 0 aliphatic heterocycles. The molecule has 0 amide bonds. The summed E-state index contributed by atoms with van der Waals surface area (Å²) in [6, 6.07) is 7.14. The van der Waals surface area contributed by atoms with Gasteiger partial charge in [0.2, 0.25) is 0 Å². The molecule has 0 N–H and O–H groups in total. The van der Waals surface area contributed by atoms with Gasteiger partial charge in [-0.05, 0) is 54.9 Å². The Morgan fingerprint density at radius 3 is 2.22 bits per heavy atom. The molecule has 2 atom stereocenters. The smallest absolute Gasteiger partial charge is 0.205 e. The van der Waals surface area contributed by atoms with E-state index < -0.39 is 6.43 Å². The van der Waals surface area contributed by atoms with Crippen LogP contribution in [0.1, 0.15) is 88.2 Å². The Hall–Kier alpha value is -0.920. The quantitative estimate of drug-likeness (QED) is 0.554. The second-order valence-electron chi connectivity index (χ2n) is 7.78. The van der Waals surface area contributed by atoms with Crippen LogP contribution in [0.15, 0.2) is 24.3 Å². The third-order valence-corrected chi connectivity index (χ3v) is 6.51. The average molecular weight is 320 g/mol. The molecule has 0 spiro atoms. The van der Waals surface area contributed by atoms with Gasteiger partial charge in [-0.15, -0.1) is 0 Å². The molecule has 2 unspecified atom stereocenters. The molecular weight excluding hydrogens is 290 g/mol. The molecule has 2 fully saturated rings. The van der Waals surface area contributed by atoms with Crippen molar-refractivity contribution in [1.29, 1.82) is 0 Å². The molecule has 0 aromatic heterocycles. The minimum Gasteiger partial charge on any atom is -0.205 e. The van der Waals surface area contributed by atoms with E-state index >= 15 is 0 Å². The third-order valence-electron chi connectivity index (χ3n) is 6.51. The number of hydrogen-bond acceptors (Lipinski definition) is 0. The van der Waals surface area contributed by atoms with Crippen LogP contribution in [0.4, 0.5) is 8.78 Å². The molecule has 128 valence electrons. The first-order chi connectivity index (χ1) is 11.2. The minimum atomic E-state index is -2.35. The Morgan fingerprint density at radius 2 is 1.61 bits per heavy atom. The fourth-order valence-corrected chi connectivity index (χ4v) is 4.94. The summed E-state index contributed by atoms with van der Waals surface area (Å²) < 4.78 is 25.4. The number of hydrogen-bond donors (Lipinski definition) is 0. The van der Waals surface area contributed by atoms with E-state index in [0.29, 0.717) is 5.92 Å². The number of halogens is 2. The van der Waals surface area contributed by atoms with Crippen LogP contribution in [0.25, 0.3) is 0 Å². The molecule has 0 bridgehead atoms. The summed E-state index contributed by atoms with van der Waals surface area (Å²) in [5.41, 5.74) is 1.43. The molecule has 2 saturated carbocycles. The van der Waals surface area contributed by atoms with E-state index in [0.717, 1.165) is 17.8 Å². The van der Waals surface area contributed by atoms with Gasteiger partial charge in [-0.3, -0.25) is 0 Å². The topological polar surface area (TPSA) is 0 Å². The van der Waals surface area contributed by atoms with E-state index in [4.69, 9.17) is 0 Å². The normalized spacial score (nSPS) is 32.2. The summed E-state index contributed by atoms with van der Waals surface area (Å²) in [7, 11) is 0. The first kappa shape index (κ1) is 16.9. The highest BCUT2D eigenvalue weighted by atomic mass is 19.3. The van der Waals surface area contributed by atoms with Gasteiger partial charge < -0.3 is 0 Å². The molecule has 2 aliphatic carbocycles. The van der Waals surface area contributed by atoms with Crippen LogP contribution in [0.3, 0.4) is 0 Å². The van der Waals surface area contributed by atoms with Crippen molar-refractivity contribution in [1.82, 2.24) is 0 Å². The second-order valence-corrected chi connectivity index (χ2v) is 7.78. The van der Waals surface area contributed by atoms with Crippen molar-refractivity contribution in [3.8, 4) is 0 Å². The van der Waals surface area contributed by atoms with Crippen molar-refractivity contribution in [2.75, 3.05) is 0 Å². The molecule has 0 heterocycles. The zero-order valence-electron chi connectivity index (χ0n) is 14.3. The van der Waals surface area contributed by atoms with Crippen LogP contribution < -0.4 is 0 Å². The lowest BCUT2D eigenvalue weighted by Crippen LogP contribution is -2.26. The van der Waals surface area contributed by atoms with E-state index in [2.05, 4.69) is 6.92 Å². The predicted molar refractivity (Wildman–Crippen MR) is 91.8 cm³/mol. The lowest BCUT2D eigenvalue weighted by atomic mass is 9.67. The van der Waals surface area contributed by atoms with Gasteiger partial charge >= 0.3 is 0 Å². The molecule has 0 saturated heterocycles. The van der Waals surface area contributed by atoms with Crippen molar-refractivity contribution < 1.29 is 8.78 Å². The Kier molecular flexibility index (Phi) is 5.71. The first-order valence-electron chi connectivity index (χ1n) is 9.55. The van der Waals surface area contributed by atoms with Gasteiger partial charge in [-0.25, -0.2) is 8.78 Å². The van der Waals surface area contributed by atoms with Crippen LogP contribution in [0, 0.1) is 17.8 Å². The standard InChI is InChI=1S/C21H30F2/c1-2-15-6-8-16(9-7-15)19-4-3-5-20(14-19)17-10-12-18(13-11-17)21(22)23/h10-13,15-16,19-21H,2-9,14H2,1H3. The monoisotopic (exact) mass is 320 g/mol. The summed E-state index contributed by atoms with van der Waals surface area (Å²) in [5, 5.41) is 0. The van der Waals surface area contributed by atoms with E-state index in [1.54, 1.807) is 12.1 Å². The number of rotatable bonds is 4. The molecule has 0 nitrogen and oxygen atoms in total. The van der Waals surface area contributed by atoms with E-state index in [-0.39, 0.29) is 5.56 Å². The zero-order valence-corrected chi connectivity index (χ0v) is 14.3. The maximum Gasteiger partial charge on any atom is 0.263 e. The third kappa shape index (κ3) is 4.14. The average Bonchev–Trinajstić information content (AvgIpc) is 2.62. The van der Waals surface area contributed by atoms with Gasteiger partial charge in [0, 0.05) is 5.56 Å². The van der Waals surface area contributed by atoms with Gasteiger partial charge in [0.15, 0.2) is 0 Å². The Bertz CT molecular complexity index is 471. The van der Waals surface area contributed by atoms with Gasteiger partial charge in [0.25, 0.3) is 6.43 Å². The van der Waals surface area contributed by atoms with Crippen molar-refractivity contribution >= 4 is 0 Å². The molecule has 1 aromatic carbocycles. The summed E-state index contributed by atoms with van der Waals surface area (Å²) in [6.07, 6.45) is 9.86.